The SMILES string of the molecule is C/C(O)=C(/C(=N)C(=O)c1ccccc1)C(=O)Nc1ccccc1. The number of carbonyl (C=O) groups excluding carboxylic acids is 2. The highest BCUT2D eigenvalue weighted by Gasteiger charge is 2.24. The largest absolute Gasteiger partial charge is 0.512 e. The monoisotopic (exact) mass is 308 g/mol. The van der Waals surface area contributed by atoms with Crippen molar-refractivity contribution in [3.63, 3.8) is 0 Å². The van der Waals surface area contributed by atoms with E-state index in [1.807, 2.05) is 0 Å². The van der Waals surface area contributed by atoms with Gasteiger partial charge in [-0.15, -0.1) is 0 Å². The first-order chi connectivity index (χ1) is 11.0. The van der Waals surface area contributed by atoms with Gasteiger partial charge >= 0.3 is 0 Å². The molecule has 2 aromatic carbocycles. The number of ketones is 1. The Bertz CT molecular complexity index is 761. The summed E-state index contributed by atoms with van der Waals surface area (Å²) in [7, 11) is 0. The third-order valence-electron chi connectivity index (χ3n) is 3.13. The number of Topliss-reactive ketones (excluding diaryl/α,β-unsaturated/α-hetero) is 1. The highest BCUT2D eigenvalue weighted by molar-refractivity contribution is 6.55. The van der Waals surface area contributed by atoms with Crippen LogP contribution in [0.4, 0.5) is 5.69 Å². The smallest absolute Gasteiger partial charge is 0.261 e. The lowest BCUT2D eigenvalue weighted by molar-refractivity contribution is -0.112. The molecule has 0 aliphatic carbocycles. The molecule has 0 fully saturated rings. The molecular formula is C18H16N2O3. The number of hydrogen-bond donors (Lipinski definition) is 3. The zero-order valence-corrected chi connectivity index (χ0v) is 12.5. The van der Waals surface area contributed by atoms with E-state index in [2.05, 4.69) is 5.32 Å². The third-order valence-corrected chi connectivity index (χ3v) is 3.13. The quantitative estimate of drug-likeness (QED) is 0.342. The van der Waals surface area contributed by atoms with E-state index in [1.54, 1.807) is 60.7 Å². The van der Waals surface area contributed by atoms with Crippen LogP contribution in [0.15, 0.2) is 72.0 Å². The molecule has 3 N–H and O–H groups in total. The predicted molar refractivity (Wildman–Crippen MR) is 88.9 cm³/mol. The second kappa shape index (κ2) is 7.17. The lowest BCUT2D eigenvalue weighted by Crippen LogP contribution is -2.27. The Kier molecular flexibility index (Phi) is 5.04. The van der Waals surface area contributed by atoms with Crippen molar-refractivity contribution in [2.45, 2.75) is 6.92 Å². The van der Waals surface area contributed by atoms with Crippen LogP contribution in [0.5, 0.6) is 0 Å². The molecule has 0 spiro atoms. The van der Waals surface area contributed by atoms with E-state index < -0.39 is 17.4 Å². The zero-order chi connectivity index (χ0) is 16.8. The van der Waals surface area contributed by atoms with Gasteiger partial charge in [0.1, 0.15) is 17.0 Å². The molecule has 0 bridgehead atoms. The van der Waals surface area contributed by atoms with Gasteiger partial charge in [-0.3, -0.25) is 15.0 Å². The van der Waals surface area contributed by atoms with Gasteiger partial charge in [0.05, 0.1) is 0 Å². The first kappa shape index (κ1) is 16.2. The van der Waals surface area contributed by atoms with E-state index in [-0.39, 0.29) is 16.9 Å². The molecule has 1 amide bonds. The Morgan fingerprint density at radius 2 is 1.48 bits per heavy atom. The summed E-state index contributed by atoms with van der Waals surface area (Å²) in [6, 6.07) is 16.8. The summed E-state index contributed by atoms with van der Waals surface area (Å²) in [5.41, 5.74) is -0.104. The van der Waals surface area contributed by atoms with Gasteiger partial charge in [0, 0.05) is 11.3 Å². The minimum absolute atomic E-state index is 0.281. The molecule has 2 rings (SSSR count). The maximum atomic E-state index is 12.3. The van der Waals surface area contributed by atoms with Crippen molar-refractivity contribution in [3.8, 4) is 0 Å². The molecular weight excluding hydrogens is 292 g/mol. The van der Waals surface area contributed by atoms with Crippen LogP contribution in [0.25, 0.3) is 0 Å². The number of allylic oxidation sites excluding steroid dienone is 1. The Labute approximate surface area is 133 Å². The fourth-order valence-corrected chi connectivity index (χ4v) is 2.02. The van der Waals surface area contributed by atoms with Crippen molar-refractivity contribution in [1.82, 2.24) is 0 Å². The fourth-order valence-electron chi connectivity index (χ4n) is 2.02. The van der Waals surface area contributed by atoms with Gasteiger partial charge in [0.2, 0.25) is 5.78 Å². The van der Waals surface area contributed by atoms with Crippen LogP contribution in [0.1, 0.15) is 17.3 Å². The Morgan fingerprint density at radius 1 is 0.957 bits per heavy atom. The van der Waals surface area contributed by atoms with E-state index >= 15 is 0 Å². The summed E-state index contributed by atoms with van der Waals surface area (Å²) < 4.78 is 0. The first-order valence-corrected chi connectivity index (χ1v) is 6.95. The topological polar surface area (TPSA) is 90.2 Å². The van der Waals surface area contributed by atoms with Gasteiger partial charge in [0.25, 0.3) is 5.91 Å². The van der Waals surface area contributed by atoms with Crippen molar-refractivity contribution in [2.75, 3.05) is 5.32 Å². The number of benzene rings is 2. The minimum Gasteiger partial charge on any atom is -0.512 e. The van der Waals surface area contributed by atoms with Crippen molar-refractivity contribution in [3.05, 3.63) is 77.6 Å². The van der Waals surface area contributed by atoms with Crippen molar-refractivity contribution < 1.29 is 14.7 Å². The second-order valence-corrected chi connectivity index (χ2v) is 4.85. The van der Waals surface area contributed by atoms with Crippen LogP contribution in [0.3, 0.4) is 0 Å². The predicted octanol–water partition coefficient (Wildman–Crippen LogP) is 3.36. The van der Waals surface area contributed by atoms with E-state index in [4.69, 9.17) is 5.41 Å². The lowest BCUT2D eigenvalue weighted by atomic mass is 9.99. The molecule has 116 valence electrons. The number of aliphatic hydroxyl groups excluding tert-OH is 1. The number of carbonyl (C=O) groups is 2. The average molecular weight is 308 g/mol. The third kappa shape index (κ3) is 3.91. The van der Waals surface area contributed by atoms with Crippen LogP contribution in [-0.2, 0) is 4.79 Å². The summed E-state index contributed by atoms with van der Waals surface area (Å²) in [6.07, 6.45) is 0. The van der Waals surface area contributed by atoms with Gasteiger partial charge in [-0.1, -0.05) is 48.5 Å². The number of aliphatic hydroxyl groups is 1. The standard InChI is InChI=1S/C18H16N2O3/c1-12(21)15(18(23)20-14-10-6-3-7-11-14)16(19)17(22)13-8-4-2-5-9-13/h2-11,19,21H,1H3,(H,20,23)/b15-12+,19-16?. The number of hydrogen-bond acceptors (Lipinski definition) is 4. The van der Waals surface area contributed by atoms with Crippen molar-refractivity contribution in [1.29, 1.82) is 5.41 Å². The van der Waals surface area contributed by atoms with E-state index in [0.717, 1.165) is 0 Å². The molecule has 0 atom stereocenters. The molecule has 0 radical (unpaired) electrons. The molecule has 0 unspecified atom stereocenters. The fraction of sp³-hybridized carbons (Fsp3) is 0.0556. The Hall–Kier alpha value is -3.21. The molecule has 5 nitrogen and oxygen atoms in total. The van der Waals surface area contributed by atoms with Crippen LogP contribution in [0, 0.1) is 5.41 Å². The van der Waals surface area contributed by atoms with Gasteiger partial charge in [-0.2, -0.15) is 0 Å². The summed E-state index contributed by atoms with van der Waals surface area (Å²) in [5.74, 6) is -1.71. The molecule has 0 heterocycles. The minimum atomic E-state index is -0.703. The highest BCUT2D eigenvalue weighted by atomic mass is 16.3. The summed E-state index contributed by atoms with van der Waals surface area (Å²) in [4.78, 5) is 24.6. The zero-order valence-electron chi connectivity index (χ0n) is 12.5. The molecule has 0 saturated heterocycles. The van der Waals surface area contributed by atoms with E-state index in [1.165, 1.54) is 6.92 Å². The maximum Gasteiger partial charge on any atom is 0.261 e. The summed E-state index contributed by atoms with van der Waals surface area (Å²) in [5, 5.41) is 20.3. The molecule has 5 heteroatoms. The number of rotatable bonds is 5. The van der Waals surface area contributed by atoms with Crippen LogP contribution < -0.4 is 5.32 Å². The number of amides is 1. The molecule has 23 heavy (non-hydrogen) atoms. The van der Waals surface area contributed by atoms with Crippen LogP contribution in [-0.4, -0.2) is 22.5 Å². The van der Waals surface area contributed by atoms with Gasteiger partial charge in [0.15, 0.2) is 0 Å². The van der Waals surface area contributed by atoms with Gasteiger partial charge < -0.3 is 10.4 Å². The number of nitrogens with one attached hydrogen (secondary N) is 2. The van der Waals surface area contributed by atoms with Crippen LogP contribution in [0.2, 0.25) is 0 Å². The second-order valence-electron chi connectivity index (χ2n) is 4.85. The average Bonchev–Trinajstić information content (AvgIpc) is 2.55. The maximum absolute atomic E-state index is 12.3. The van der Waals surface area contributed by atoms with Gasteiger partial charge in [-0.25, -0.2) is 0 Å². The summed E-state index contributed by atoms with van der Waals surface area (Å²) in [6.45, 7) is 1.27. The van der Waals surface area contributed by atoms with Crippen molar-refractivity contribution in [2.24, 2.45) is 0 Å². The molecule has 2 aromatic rings. The molecule has 0 aromatic heterocycles. The van der Waals surface area contributed by atoms with Crippen LogP contribution >= 0.6 is 0 Å². The molecule has 0 saturated carbocycles. The van der Waals surface area contributed by atoms with E-state index in [0.29, 0.717) is 5.69 Å². The van der Waals surface area contributed by atoms with Crippen molar-refractivity contribution >= 4 is 23.1 Å². The van der Waals surface area contributed by atoms with Gasteiger partial charge in [-0.05, 0) is 19.1 Å². The Balaban J connectivity index is 2.25. The number of anilines is 1. The molecule has 0 aliphatic rings. The highest BCUT2D eigenvalue weighted by Crippen LogP contribution is 2.13. The molecule has 0 aliphatic heterocycles. The van der Waals surface area contributed by atoms with E-state index in [9.17, 15) is 14.7 Å². The summed E-state index contributed by atoms with van der Waals surface area (Å²) >= 11 is 0. The Morgan fingerprint density at radius 3 is 2.00 bits per heavy atom. The lowest BCUT2D eigenvalue weighted by Gasteiger charge is -2.10. The normalized spacial score (nSPS) is 11.3. The first-order valence-electron chi connectivity index (χ1n) is 6.95. The number of para-hydroxylation sites is 1.